The summed E-state index contributed by atoms with van der Waals surface area (Å²) in [5.74, 6) is 1.07. The van der Waals surface area contributed by atoms with Gasteiger partial charge in [-0.25, -0.2) is 4.98 Å². The summed E-state index contributed by atoms with van der Waals surface area (Å²) in [6.45, 7) is 0.749. The molecule has 3 aromatic heterocycles. The van der Waals surface area contributed by atoms with E-state index in [1.165, 1.54) is 27.6 Å². The van der Waals surface area contributed by atoms with Crippen LogP contribution in [-0.4, -0.2) is 40.6 Å². The standard InChI is InChI=1S/C25H27N7/c1-32(2)20-4-6-23-21(13-20)18(14-29-23)8-10-28-24-19(15-30-25(26)31-24)12-16-3-5-22-17(11-16)7-9-27-22/h3-7,9,11,13-15,27,29H,8,10,12H2,1-2H3,(H3,26,28,30,31). The molecule has 0 unspecified atom stereocenters. The number of H-pyrrole nitrogens is 2. The third kappa shape index (κ3) is 3.97. The molecule has 0 radical (unpaired) electrons. The van der Waals surface area contributed by atoms with E-state index >= 15 is 0 Å². The first-order chi connectivity index (χ1) is 15.6. The number of benzene rings is 2. The molecule has 0 aliphatic carbocycles. The van der Waals surface area contributed by atoms with E-state index in [9.17, 15) is 0 Å². The Balaban J connectivity index is 1.33. The Hall–Kier alpha value is -4.00. The maximum absolute atomic E-state index is 5.89. The second kappa shape index (κ2) is 8.26. The summed E-state index contributed by atoms with van der Waals surface area (Å²) in [7, 11) is 4.12. The number of anilines is 3. The van der Waals surface area contributed by atoms with E-state index in [1.807, 2.05) is 12.4 Å². The molecule has 162 valence electrons. The Bertz CT molecular complexity index is 1380. The number of nitrogen functional groups attached to an aromatic ring is 1. The highest BCUT2D eigenvalue weighted by molar-refractivity contribution is 5.86. The minimum atomic E-state index is 0.278. The lowest BCUT2D eigenvalue weighted by molar-refractivity contribution is 0.990. The second-order valence-corrected chi connectivity index (χ2v) is 8.29. The van der Waals surface area contributed by atoms with Gasteiger partial charge in [-0.3, -0.25) is 0 Å². The summed E-state index contributed by atoms with van der Waals surface area (Å²) in [5.41, 5.74) is 12.9. The predicted octanol–water partition coefficient (Wildman–Crippen LogP) is 4.33. The molecular formula is C25H27N7. The van der Waals surface area contributed by atoms with Crippen molar-refractivity contribution in [1.82, 2.24) is 19.9 Å². The van der Waals surface area contributed by atoms with Gasteiger partial charge in [0.1, 0.15) is 5.82 Å². The van der Waals surface area contributed by atoms with Crippen molar-refractivity contribution in [3.05, 3.63) is 77.7 Å². The molecule has 7 nitrogen and oxygen atoms in total. The number of fused-ring (bicyclic) bond motifs is 2. The highest BCUT2D eigenvalue weighted by atomic mass is 15.1. The first kappa shape index (κ1) is 19.9. The Morgan fingerprint density at radius 2 is 1.88 bits per heavy atom. The van der Waals surface area contributed by atoms with Crippen molar-refractivity contribution in [2.75, 3.05) is 36.6 Å². The van der Waals surface area contributed by atoms with Gasteiger partial charge in [-0.1, -0.05) is 6.07 Å². The summed E-state index contributed by atoms with van der Waals surface area (Å²) in [6, 6.07) is 15.0. The number of aromatic nitrogens is 4. The van der Waals surface area contributed by atoms with Crippen LogP contribution in [0, 0.1) is 0 Å². The van der Waals surface area contributed by atoms with Crippen LogP contribution in [0.2, 0.25) is 0 Å². The SMILES string of the molecule is CN(C)c1ccc2[nH]cc(CCNc3nc(N)ncc3Cc3ccc4[nH]ccc4c3)c2c1. The molecule has 32 heavy (non-hydrogen) atoms. The largest absolute Gasteiger partial charge is 0.378 e. The molecule has 0 saturated carbocycles. The Kier molecular flexibility index (Phi) is 5.15. The van der Waals surface area contributed by atoms with Gasteiger partial charge in [0, 0.05) is 73.3 Å². The van der Waals surface area contributed by atoms with E-state index in [1.54, 1.807) is 0 Å². The Morgan fingerprint density at radius 1 is 1.00 bits per heavy atom. The molecule has 5 N–H and O–H groups in total. The van der Waals surface area contributed by atoms with Gasteiger partial charge < -0.3 is 25.9 Å². The first-order valence-corrected chi connectivity index (χ1v) is 10.8. The van der Waals surface area contributed by atoms with Crippen molar-refractivity contribution in [3.8, 4) is 0 Å². The highest BCUT2D eigenvalue weighted by Gasteiger charge is 2.10. The number of nitrogens with two attached hydrogens (primary N) is 1. The van der Waals surface area contributed by atoms with Crippen LogP contribution in [0.3, 0.4) is 0 Å². The predicted molar refractivity (Wildman–Crippen MR) is 132 cm³/mol. The lowest BCUT2D eigenvalue weighted by Crippen LogP contribution is -2.11. The van der Waals surface area contributed by atoms with E-state index in [0.29, 0.717) is 0 Å². The van der Waals surface area contributed by atoms with Gasteiger partial charge in [0.2, 0.25) is 5.95 Å². The average Bonchev–Trinajstić information content (AvgIpc) is 3.41. The molecular weight excluding hydrogens is 398 g/mol. The summed E-state index contributed by atoms with van der Waals surface area (Å²) in [6.07, 6.45) is 7.48. The summed E-state index contributed by atoms with van der Waals surface area (Å²) >= 11 is 0. The van der Waals surface area contributed by atoms with Crippen molar-refractivity contribution in [2.45, 2.75) is 12.8 Å². The van der Waals surface area contributed by atoms with Gasteiger partial charge in [-0.2, -0.15) is 4.98 Å². The first-order valence-electron chi connectivity index (χ1n) is 10.8. The van der Waals surface area contributed by atoms with Gasteiger partial charge in [-0.05, 0) is 59.3 Å². The number of hydrogen-bond donors (Lipinski definition) is 4. The van der Waals surface area contributed by atoms with Crippen molar-refractivity contribution < 1.29 is 0 Å². The van der Waals surface area contributed by atoms with Crippen LogP contribution >= 0.6 is 0 Å². The highest BCUT2D eigenvalue weighted by Crippen LogP contribution is 2.25. The normalized spacial score (nSPS) is 11.3. The molecule has 5 aromatic rings. The molecule has 0 saturated heterocycles. The van der Waals surface area contributed by atoms with Crippen molar-refractivity contribution >= 4 is 39.3 Å². The molecule has 0 aliphatic rings. The molecule has 0 bridgehead atoms. The summed E-state index contributed by atoms with van der Waals surface area (Å²) in [5, 5.41) is 5.93. The monoisotopic (exact) mass is 425 g/mol. The molecule has 5 rings (SSSR count). The quantitative estimate of drug-likeness (QED) is 0.311. The number of nitrogens with one attached hydrogen (secondary N) is 3. The van der Waals surface area contributed by atoms with E-state index in [-0.39, 0.29) is 5.95 Å². The molecule has 3 heterocycles. The minimum absolute atomic E-state index is 0.278. The fourth-order valence-electron chi connectivity index (χ4n) is 4.10. The zero-order chi connectivity index (χ0) is 22.1. The lowest BCUT2D eigenvalue weighted by Gasteiger charge is -2.13. The molecule has 0 fully saturated rings. The molecule has 0 aliphatic heterocycles. The topological polar surface area (TPSA) is 98.7 Å². The van der Waals surface area contributed by atoms with Crippen LogP contribution in [0.4, 0.5) is 17.5 Å². The zero-order valence-corrected chi connectivity index (χ0v) is 18.3. The number of hydrogen-bond acceptors (Lipinski definition) is 5. The fraction of sp³-hybridized carbons (Fsp3) is 0.200. The van der Waals surface area contributed by atoms with Crippen molar-refractivity contribution in [2.24, 2.45) is 0 Å². The third-order valence-corrected chi connectivity index (χ3v) is 5.85. The van der Waals surface area contributed by atoms with Gasteiger partial charge in [0.25, 0.3) is 0 Å². The Labute approximate surface area is 186 Å². The van der Waals surface area contributed by atoms with E-state index < -0.39 is 0 Å². The van der Waals surface area contributed by atoms with Crippen LogP contribution in [0.15, 0.2) is 61.1 Å². The van der Waals surface area contributed by atoms with Crippen LogP contribution in [0.25, 0.3) is 21.8 Å². The van der Waals surface area contributed by atoms with E-state index in [0.717, 1.165) is 41.8 Å². The van der Waals surface area contributed by atoms with Gasteiger partial charge in [-0.15, -0.1) is 0 Å². The number of rotatable bonds is 7. The van der Waals surface area contributed by atoms with Crippen molar-refractivity contribution in [1.29, 1.82) is 0 Å². The minimum Gasteiger partial charge on any atom is -0.378 e. The summed E-state index contributed by atoms with van der Waals surface area (Å²) < 4.78 is 0. The van der Waals surface area contributed by atoms with Gasteiger partial charge >= 0.3 is 0 Å². The molecule has 0 spiro atoms. The van der Waals surface area contributed by atoms with Crippen LogP contribution in [0.5, 0.6) is 0 Å². The van der Waals surface area contributed by atoms with Crippen LogP contribution in [0.1, 0.15) is 16.7 Å². The lowest BCUT2D eigenvalue weighted by atomic mass is 10.0. The molecule has 2 aromatic carbocycles. The van der Waals surface area contributed by atoms with Crippen LogP contribution < -0.4 is 16.0 Å². The zero-order valence-electron chi connectivity index (χ0n) is 18.3. The second-order valence-electron chi connectivity index (χ2n) is 8.29. The fourth-order valence-corrected chi connectivity index (χ4v) is 4.10. The Morgan fingerprint density at radius 3 is 2.75 bits per heavy atom. The van der Waals surface area contributed by atoms with Gasteiger partial charge in [0.15, 0.2) is 0 Å². The van der Waals surface area contributed by atoms with Crippen LogP contribution in [-0.2, 0) is 12.8 Å². The van der Waals surface area contributed by atoms with Gasteiger partial charge in [0.05, 0.1) is 0 Å². The smallest absolute Gasteiger partial charge is 0.221 e. The maximum atomic E-state index is 5.89. The average molecular weight is 426 g/mol. The van der Waals surface area contributed by atoms with E-state index in [2.05, 4.69) is 92.9 Å². The molecule has 0 amide bonds. The van der Waals surface area contributed by atoms with E-state index in [4.69, 9.17) is 5.73 Å². The molecule has 7 heteroatoms. The molecule has 0 atom stereocenters. The maximum Gasteiger partial charge on any atom is 0.221 e. The summed E-state index contributed by atoms with van der Waals surface area (Å²) in [4.78, 5) is 17.4. The number of aromatic amines is 2. The van der Waals surface area contributed by atoms with Crippen molar-refractivity contribution in [3.63, 3.8) is 0 Å². The number of nitrogens with zero attached hydrogens (tertiary/aromatic N) is 3. The third-order valence-electron chi connectivity index (χ3n) is 5.85.